The highest BCUT2D eigenvalue weighted by molar-refractivity contribution is 6.40. The van der Waals surface area contributed by atoms with Crippen molar-refractivity contribution in [2.45, 2.75) is 96.4 Å². The fourth-order valence-electron chi connectivity index (χ4n) is 6.96. The molecule has 1 amide bonds. The first kappa shape index (κ1) is 31.7. The van der Waals surface area contributed by atoms with E-state index in [2.05, 4.69) is 0 Å². The van der Waals surface area contributed by atoms with Gasteiger partial charge in [0.05, 0.1) is 28.1 Å². The van der Waals surface area contributed by atoms with Gasteiger partial charge in [0.2, 0.25) is 0 Å². The Labute approximate surface area is 250 Å². The zero-order valence-electron chi connectivity index (χ0n) is 23.7. The number of amides is 1. The van der Waals surface area contributed by atoms with E-state index in [0.29, 0.717) is 44.9 Å². The number of carboxylic acid groups (broad SMARTS) is 1. The summed E-state index contributed by atoms with van der Waals surface area (Å²) < 4.78 is 30.5. The first-order valence-electron chi connectivity index (χ1n) is 14.7. The Morgan fingerprint density at radius 3 is 2.15 bits per heavy atom. The van der Waals surface area contributed by atoms with Crippen LogP contribution < -0.4 is 0 Å². The summed E-state index contributed by atoms with van der Waals surface area (Å²) >= 11 is 12.6. The van der Waals surface area contributed by atoms with Crippen molar-refractivity contribution in [2.24, 2.45) is 17.8 Å². The number of halogens is 4. The van der Waals surface area contributed by atoms with Crippen molar-refractivity contribution in [3.8, 4) is 0 Å². The van der Waals surface area contributed by atoms with Crippen LogP contribution in [0.4, 0.5) is 8.78 Å². The molecule has 2 fully saturated rings. The number of hydrogen-bond acceptors (Lipinski definition) is 3. The summed E-state index contributed by atoms with van der Waals surface area (Å²) in [6.45, 7) is 2.50. The summed E-state index contributed by atoms with van der Waals surface area (Å²) in [6, 6.07) is 4.51. The lowest BCUT2D eigenvalue weighted by Crippen LogP contribution is -2.46. The van der Waals surface area contributed by atoms with Crippen LogP contribution in [-0.2, 0) is 9.59 Å². The number of ketones is 1. The Bertz CT molecular complexity index is 1200. The molecule has 3 aliphatic rings. The van der Waals surface area contributed by atoms with Crippen molar-refractivity contribution >= 4 is 40.9 Å². The number of aliphatic carboxylic acids is 1. The second-order valence-corrected chi connectivity index (χ2v) is 12.7. The molecule has 0 aliphatic heterocycles. The normalized spacial score (nSPS) is 24.1. The Morgan fingerprint density at radius 2 is 1.61 bits per heavy atom. The Hall–Kier alpha value is -2.25. The minimum Gasteiger partial charge on any atom is -0.481 e. The molecule has 0 bridgehead atoms. The molecule has 1 atom stereocenters. The maximum atomic E-state index is 15.3. The highest BCUT2D eigenvalue weighted by Crippen LogP contribution is 2.47. The van der Waals surface area contributed by atoms with Gasteiger partial charge >= 0.3 is 5.97 Å². The molecule has 0 saturated heterocycles. The van der Waals surface area contributed by atoms with Crippen LogP contribution in [0.25, 0.3) is 0 Å². The lowest BCUT2D eigenvalue weighted by Gasteiger charge is -2.40. The van der Waals surface area contributed by atoms with Crippen LogP contribution >= 0.6 is 23.2 Å². The van der Waals surface area contributed by atoms with Crippen molar-refractivity contribution in [3.63, 3.8) is 0 Å². The van der Waals surface area contributed by atoms with E-state index in [9.17, 15) is 19.5 Å². The summed E-state index contributed by atoms with van der Waals surface area (Å²) in [5, 5.41) is 9.77. The van der Waals surface area contributed by atoms with Gasteiger partial charge in [-0.3, -0.25) is 14.4 Å². The van der Waals surface area contributed by atoms with E-state index in [1.165, 1.54) is 4.90 Å². The van der Waals surface area contributed by atoms with E-state index >= 15 is 8.78 Å². The SMILES string of the molecule is CCC1=CC(C(=O)N(CC(=O)c2c(Cl)cccc2Cl)C2CCCCC2)=C(C(C)(F)F)CC1C1CCC(C(=O)O)CC1. The van der Waals surface area contributed by atoms with Gasteiger partial charge in [0.25, 0.3) is 11.8 Å². The van der Waals surface area contributed by atoms with Crippen LogP contribution in [0.1, 0.15) is 94.8 Å². The lowest BCUT2D eigenvalue weighted by molar-refractivity contribution is -0.143. The zero-order valence-corrected chi connectivity index (χ0v) is 25.2. The van der Waals surface area contributed by atoms with E-state index < -0.39 is 29.5 Å². The number of Topliss-reactive ketones (excluding diaryl/α,β-unsaturated/α-hetero) is 1. The van der Waals surface area contributed by atoms with Gasteiger partial charge < -0.3 is 10.0 Å². The summed E-state index contributed by atoms with van der Waals surface area (Å²) in [7, 11) is 0. The number of carbonyl (C=O) groups is 3. The number of hydrogen-bond donors (Lipinski definition) is 1. The molecular weight excluding hydrogens is 571 g/mol. The van der Waals surface area contributed by atoms with Crippen LogP contribution in [0.5, 0.6) is 0 Å². The average Bonchev–Trinajstić information content (AvgIpc) is 2.94. The van der Waals surface area contributed by atoms with Crippen LogP contribution in [0.15, 0.2) is 41.0 Å². The third kappa shape index (κ3) is 7.22. The molecule has 1 unspecified atom stereocenters. The molecule has 0 radical (unpaired) electrons. The second-order valence-electron chi connectivity index (χ2n) is 11.9. The van der Waals surface area contributed by atoms with Crippen molar-refractivity contribution < 1.29 is 28.3 Å². The van der Waals surface area contributed by atoms with Gasteiger partial charge in [-0.1, -0.05) is 61.0 Å². The topological polar surface area (TPSA) is 74.7 Å². The van der Waals surface area contributed by atoms with Crippen LogP contribution in [0, 0.1) is 17.8 Å². The monoisotopic (exact) mass is 609 g/mol. The lowest BCUT2D eigenvalue weighted by atomic mass is 9.68. The first-order valence-corrected chi connectivity index (χ1v) is 15.5. The fourth-order valence-corrected chi connectivity index (χ4v) is 7.57. The molecule has 224 valence electrons. The molecule has 4 rings (SSSR count). The number of rotatable bonds is 9. The number of carbonyl (C=O) groups excluding carboxylic acids is 2. The highest BCUT2D eigenvalue weighted by Gasteiger charge is 2.42. The molecule has 3 aliphatic carbocycles. The van der Waals surface area contributed by atoms with Gasteiger partial charge in [-0.25, -0.2) is 8.78 Å². The molecule has 0 aromatic heterocycles. The number of benzene rings is 1. The molecule has 1 N–H and O–H groups in total. The Balaban J connectivity index is 1.68. The second kappa shape index (κ2) is 13.4. The average molecular weight is 611 g/mol. The van der Waals surface area contributed by atoms with Crippen molar-refractivity contribution in [1.82, 2.24) is 4.90 Å². The predicted octanol–water partition coefficient (Wildman–Crippen LogP) is 8.54. The van der Waals surface area contributed by atoms with Crippen LogP contribution in [0.3, 0.4) is 0 Å². The summed E-state index contributed by atoms with van der Waals surface area (Å²) in [4.78, 5) is 40.7. The minimum atomic E-state index is -3.23. The van der Waals surface area contributed by atoms with Crippen LogP contribution in [0.2, 0.25) is 10.0 Å². The molecule has 0 heterocycles. The van der Waals surface area contributed by atoms with E-state index in [4.69, 9.17) is 23.2 Å². The van der Waals surface area contributed by atoms with Gasteiger partial charge in [0, 0.05) is 24.1 Å². The summed E-state index contributed by atoms with van der Waals surface area (Å²) in [5.41, 5.74) is 0.844. The molecule has 0 spiro atoms. The smallest absolute Gasteiger partial charge is 0.306 e. The maximum Gasteiger partial charge on any atom is 0.306 e. The fraction of sp³-hybridized carbons (Fsp3) is 0.594. The quantitative estimate of drug-likeness (QED) is 0.285. The third-order valence-corrected chi connectivity index (χ3v) is 9.88. The third-order valence-electron chi connectivity index (χ3n) is 9.25. The Morgan fingerprint density at radius 1 is 1.00 bits per heavy atom. The van der Waals surface area contributed by atoms with Crippen molar-refractivity contribution in [2.75, 3.05) is 6.54 Å². The molecule has 9 heteroatoms. The van der Waals surface area contributed by atoms with E-state index in [0.717, 1.165) is 31.8 Å². The standard InChI is InChI=1S/C32H39Cl2F2NO4/c1-3-19-16-24(25(32(2,35)36)17-23(19)20-12-14-21(15-13-20)31(40)41)30(39)37(22-8-5-4-6-9-22)18-28(38)29-26(33)10-7-11-27(29)34/h7,10-11,16,20-23H,3-6,8-9,12-15,17-18H2,1-2H3,(H,40,41). The van der Waals surface area contributed by atoms with Gasteiger partial charge in [-0.2, -0.15) is 0 Å². The molecule has 2 saturated carbocycles. The van der Waals surface area contributed by atoms with Crippen molar-refractivity contribution in [1.29, 1.82) is 0 Å². The van der Waals surface area contributed by atoms with Crippen molar-refractivity contribution in [3.05, 3.63) is 56.6 Å². The Kier molecular flexibility index (Phi) is 10.3. The van der Waals surface area contributed by atoms with Gasteiger partial charge in [0.1, 0.15) is 0 Å². The first-order chi connectivity index (χ1) is 19.4. The van der Waals surface area contributed by atoms with Gasteiger partial charge in [-0.05, 0) is 81.4 Å². The largest absolute Gasteiger partial charge is 0.481 e. The predicted molar refractivity (Wildman–Crippen MR) is 157 cm³/mol. The minimum absolute atomic E-state index is 0.0200. The highest BCUT2D eigenvalue weighted by atomic mass is 35.5. The maximum absolute atomic E-state index is 15.3. The number of allylic oxidation sites excluding steroid dienone is 2. The molecule has 1 aromatic rings. The number of nitrogens with zero attached hydrogens (tertiary/aromatic N) is 1. The number of carboxylic acids is 1. The molecule has 41 heavy (non-hydrogen) atoms. The molecular formula is C32H39Cl2F2NO4. The van der Waals surface area contributed by atoms with E-state index in [1.54, 1.807) is 24.3 Å². The number of alkyl halides is 2. The summed E-state index contributed by atoms with van der Waals surface area (Å²) in [5.74, 6) is -5.48. The van der Waals surface area contributed by atoms with E-state index in [-0.39, 0.29) is 57.6 Å². The van der Waals surface area contributed by atoms with Gasteiger partial charge in [-0.15, -0.1) is 0 Å². The van der Waals surface area contributed by atoms with E-state index in [1.807, 2.05) is 6.92 Å². The molecule has 1 aromatic carbocycles. The van der Waals surface area contributed by atoms with Crippen LogP contribution in [-0.4, -0.2) is 46.2 Å². The summed E-state index contributed by atoms with van der Waals surface area (Å²) in [6.07, 6.45) is 8.87. The zero-order chi connectivity index (χ0) is 29.9. The van der Waals surface area contributed by atoms with Gasteiger partial charge in [0.15, 0.2) is 5.78 Å². The molecule has 5 nitrogen and oxygen atoms in total.